The highest BCUT2D eigenvalue weighted by atomic mass is 35.5. The molecule has 0 heterocycles. The molecule has 0 N–H and O–H groups in total. The zero-order valence-corrected chi connectivity index (χ0v) is 13.0. The van der Waals surface area contributed by atoms with Crippen molar-refractivity contribution >= 4 is 25.0 Å². The third-order valence-corrected chi connectivity index (χ3v) is 4.46. The number of halogens is 1. The van der Waals surface area contributed by atoms with E-state index in [0.717, 1.165) is 5.69 Å². The van der Waals surface area contributed by atoms with Crippen LogP contribution in [0.4, 0.5) is 5.69 Å². The van der Waals surface area contributed by atoms with Gasteiger partial charge in [-0.3, -0.25) is 9.05 Å². The van der Waals surface area contributed by atoms with Crippen LogP contribution in [0.1, 0.15) is 20.8 Å². The molecule has 0 aliphatic rings. The smallest absolute Gasteiger partial charge is 0.415 e. The Hall–Kier alpha value is -0.800. The minimum atomic E-state index is -2.82. The molecule has 0 amide bonds. The van der Waals surface area contributed by atoms with E-state index in [1.807, 2.05) is 44.2 Å². The van der Waals surface area contributed by atoms with Crippen LogP contribution < -0.4 is 0 Å². The molecule has 0 aliphatic carbocycles. The standard InChI is InChI=1S/C13H19ClNO3P/c1-4-16-19(17-5-2,18-12(3)11-14)15-13-9-7-6-8-10-13/h6-11H,4-5H2,1-3H3. The molecule has 0 atom stereocenters. The van der Waals surface area contributed by atoms with Gasteiger partial charge in [-0.15, -0.1) is 0 Å². The monoisotopic (exact) mass is 303 g/mol. The second kappa shape index (κ2) is 8.39. The summed E-state index contributed by atoms with van der Waals surface area (Å²) in [7, 11) is -2.82. The summed E-state index contributed by atoms with van der Waals surface area (Å²) in [6.45, 7) is 6.37. The maximum atomic E-state index is 5.70. The lowest BCUT2D eigenvalue weighted by Crippen LogP contribution is -1.99. The fourth-order valence-corrected chi connectivity index (χ4v) is 3.26. The minimum absolute atomic E-state index is 0.444. The molecular weight excluding hydrogens is 285 g/mol. The lowest BCUT2D eigenvalue weighted by molar-refractivity contribution is 0.185. The maximum Gasteiger partial charge on any atom is 0.415 e. The fraction of sp³-hybridized carbons (Fsp3) is 0.385. The van der Waals surface area contributed by atoms with Gasteiger partial charge in [0.05, 0.1) is 18.9 Å². The second-order valence-electron chi connectivity index (χ2n) is 3.55. The third kappa shape index (κ3) is 5.37. The number of rotatable bonds is 7. The minimum Gasteiger partial charge on any atom is -0.422 e. The predicted molar refractivity (Wildman–Crippen MR) is 79.4 cm³/mol. The van der Waals surface area contributed by atoms with Crippen LogP contribution in [0, 0.1) is 0 Å². The number of nitrogens with zero attached hydrogens (tertiary/aromatic N) is 1. The van der Waals surface area contributed by atoms with Crippen LogP contribution in [0.15, 0.2) is 46.4 Å². The van der Waals surface area contributed by atoms with Gasteiger partial charge in [0.15, 0.2) is 0 Å². The van der Waals surface area contributed by atoms with Crippen LogP contribution in [-0.4, -0.2) is 13.2 Å². The van der Waals surface area contributed by atoms with Crippen molar-refractivity contribution in [1.82, 2.24) is 0 Å². The second-order valence-corrected chi connectivity index (χ2v) is 5.61. The van der Waals surface area contributed by atoms with Crippen LogP contribution in [0.5, 0.6) is 0 Å². The quantitative estimate of drug-likeness (QED) is 0.496. The third-order valence-electron chi connectivity index (χ3n) is 1.99. The van der Waals surface area contributed by atoms with Crippen LogP contribution in [0.25, 0.3) is 0 Å². The van der Waals surface area contributed by atoms with E-state index in [9.17, 15) is 0 Å². The molecule has 0 bridgehead atoms. The molecule has 1 rings (SSSR count). The molecule has 1 aromatic rings. The topological polar surface area (TPSA) is 40.0 Å². The van der Waals surface area contributed by atoms with E-state index >= 15 is 0 Å². The largest absolute Gasteiger partial charge is 0.422 e. The van der Waals surface area contributed by atoms with E-state index in [0.29, 0.717) is 19.0 Å². The van der Waals surface area contributed by atoms with Gasteiger partial charge in [0, 0.05) is 5.54 Å². The van der Waals surface area contributed by atoms with Crippen LogP contribution in [0.3, 0.4) is 0 Å². The average Bonchev–Trinajstić information content (AvgIpc) is 2.40. The molecule has 0 unspecified atom stereocenters. The van der Waals surface area contributed by atoms with Crippen LogP contribution >= 0.6 is 19.3 Å². The van der Waals surface area contributed by atoms with Crippen molar-refractivity contribution in [1.29, 1.82) is 0 Å². The number of allylic oxidation sites excluding steroid dienone is 1. The van der Waals surface area contributed by atoms with Gasteiger partial charge < -0.3 is 4.52 Å². The molecule has 4 nitrogen and oxygen atoms in total. The zero-order valence-electron chi connectivity index (χ0n) is 11.4. The molecule has 0 saturated heterocycles. The lowest BCUT2D eigenvalue weighted by Gasteiger charge is -2.23. The van der Waals surface area contributed by atoms with Crippen molar-refractivity contribution in [2.45, 2.75) is 20.8 Å². The molecule has 0 radical (unpaired) electrons. The van der Waals surface area contributed by atoms with Gasteiger partial charge >= 0.3 is 7.74 Å². The Bertz CT molecular complexity index is 452. The average molecular weight is 304 g/mol. The predicted octanol–water partition coefficient (Wildman–Crippen LogP) is 5.45. The van der Waals surface area contributed by atoms with Gasteiger partial charge in [-0.1, -0.05) is 29.8 Å². The highest BCUT2D eigenvalue weighted by molar-refractivity contribution is 7.51. The molecule has 0 aromatic heterocycles. The SMILES string of the molecule is CCOP(=Nc1ccccc1)(OCC)OC(C)=CCl. The van der Waals surface area contributed by atoms with E-state index < -0.39 is 7.74 Å². The zero-order chi connectivity index (χ0) is 14.1. The van der Waals surface area contributed by atoms with Crippen molar-refractivity contribution in [3.63, 3.8) is 0 Å². The Labute approximate surface area is 119 Å². The van der Waals surface area contributed by atoms with Crippen molar-refractivity contribution < 1.29 is 13.6 Å². The van der Waals surface area contributed by atoms with Gasteiger partial charge in [0.2, 0.25) is 0 Å². The lowest BCUT2D eigenvalue weighted by atomic mass is 10.3. The van der Waals surface area contributed by atoms with Crippen molar-refractivity contribution in [2.24, 2.45) is 4.74 Å². The molecule has 0 fully saturated rings. The summed E-state index contributed by atoms with van der Waals surface area (Å²) < 4.78 is 21.5. The van der Waals surface area contributed by atoms with E-state index in [2.05, 4.69) is 4.74 Å². The normalized spacial score (nSPS) is 12.3. The Morgan fingerprint density at radius 1 is 1.21 bits per heavy atom. The molecule has 1 aromatic carbocycles. The van der Waals surface area contributed by atoms with Crippen LogP contribution in [-0.2, 0) is 13.6 Å². The number of hydrogen-bond donors (Lipinski definition) is 0. The highest BCUT2D eigenvalue weighted by Gasteiger charge is 2.25. The van der Waals surface area contributed by atoms with Crippen molar-refractivity contribution in [3.05, 3.63) is 41.6 Å². The number of benzene rings is 1. The summed E-state index contributed by atoms with van der Waals surface area (Å²) in [5, 5.41) is 0. The highest BCUT2D eigenvalue weighted by Crippen LogP contribution is 2.56. The molecule has 0 spiro atoms. The summed E-state index contributed by atoms with van der Waals surface area (Å²) in [6.07, 6.45) is 0. The summed E-state index contributed by atoms with van der Waals surface area (Å²) in [6, 6.07) is 9.46. The Morgan fingerprint density at radius 3 is 2.26 bits per heavy atom. The number of hydrogen-bond acceptors (Lipinski definition) is 4. The van der Waals surface area contributed by atoms with Gasteiger partial charge in [-0.25, -0.2) is 0 Å². The van der Waals surface area contributed by atoms with E-state index in [4.69, 9.17) is 25.2 Å². The van der Waals surface area contributed by atoms with E-state index in [1.54, 1.807) is 6.92 Å². The molecule has 19 heavy (non-hydrogen) atoms. The van der Waals surface area contributed by atoms with Crippen LogP contribution in [0.2, 0.25) is 0 Å². The molecule has 106 valence electrons. The maximum absolute atomic E-state index is 5.70. The summed E-state index contributed by atoms with van der Waals surface area (Å²) in [4.78, 5) is 0. The first-order chi connectivity index (χ1) is 9.15. The first kappa shape index (κ1) is 16.3. The van der Waals surface area contributed by atoms with Gasteiger partial charge in [0.1, 0.15) is 5.76 Å². The first-order valence-electron chi connectivity index (χ1n) is 6.08. The molecule has 6 heteroatoms. The van der Waals surface area contributed by atoms with Crippen molar-refractivity contribution in [3.8, 4) is 0 Å². The van der Waals surface area contributed by atoms with Gasteiger partial charge in [-0.2, -0.15) is 4.74 Å². The summed E-state index contributed by atoms with van der Waals surface area (Å²) in [5.74, 6) is 0.511. The Morgan fingerprint density at radius 2 is 1.79 bits per heavy atom. The van der Waals surface area contributed by atoms with Gasteiger partial charge in [-0.05, 0) is 32.9 Å². The Kier molecular flexibility index (Phi) is 7.17. The fourth-order valence-electron chi connectivity index (χ4n) is 1.33. The van der Waals surface area contributed by atoms with Crippen molar-refractivity contribution in [2.75, 3.05) is 13.2 Å². The first-order valence-corrected chi connectivity index (χ1v) is 8.02. The molecule has 0 aliphatic heterocycles. The molecular formula is C13H19ClNO3P. The van der Waals surface area contributed by atoms with E-state index in [-0.39, 0.29) is 0 Å². The van der Waals surface area contributed by atoms with E-state index in [1.165, 1.54) is 5.54 Å². The summed E-state index contributed by atoms with van der Waals surface area (Å²) >= 11 is 5.64. The molecule has 0 saturated carbocycles. The Balaban J connectivity index is 3.18. The van der Waals surface area contributed by atoms with Gasteiger partial charge in [0.25, 0.3) is 0 Å². The summed E-state index contributed by atoms with van der Waals surface area (Å²) in [5.41, 5.74) is 2.09.